The van der Waals surface area contributed by atoms with Crippen LogP contribution in [0.3, 0.4) is 0 Å². The van der Waals surface area contributed by atoms with Gasteiger partial charge in [-0.3, -0.25) is 4.79 Å². The number of fused-ring (bicyclic) bond motifs is 1. The first-order chi connectivity index (χ1) is 13.5. The Balaban J connectivity index is 1.63. The molecule has 7 heteroatoms. The first-order valence-electron chi connectivity index (χ1n) is 8.64. The molecule has 0 saturated carbocycles. The molecule has 0 spiro atoms. The first-order valence-corrected chi connectivity index (χ1v) is 9.63. The molecule has 1 aromatic heterocycles. The maximum atomic E-state index is 12.3. The number of anilines is 1. The lowest BCUT2D eigenvalue weighted by molar-refractivity contribution is -0.119. The highest BCUT2D eigenvalue weighted by Gasteiger charge is 2.14. The number of ether oxygens (including phenoxy) is 1. The minimum Gasteiger partial charge on any atom is -0.452 e. The van der Waals surface area contributed by atoms with E-state index >= 15 is 0 Å². The molecule has 0 aliphatic carbocycles. The Morgan fingerprint density at radius 3 is 2.79 bits per heavy atom. The largest absolute Gasteiger partial charge is 0.452 e. The second-order valence-electron chi connectivity index (χ2n) is 6.20. The van der Waals surface area contributed by atoms with E-state index < -0.39 is 11.9 Å². The molecule has 0 atom stereocenters. The fourth-order valence-electron chi connectivity index (χ4n) is 2.79. The van der Waals surface area contributed by atoms with Crippen LogP contribution in [0, 0.1) is 25.2 Å². The maximum Gasteiger partial charge on any atom is 0.338 e. The molecule has 0 aliphatic rings. The summed E-state index contributed by atoms with van der Waals surface area (Å²) in [6.07, 6.45) is 0. The molecule has 2 aromatic carbocycles. The van der Waals surface area contributed by atoms with Crippen LogP contribution in [0.1, 0.15) is 21.6 Å². The number of aromatic amines is 1. The number of aryl methyl sites for hydroxylation is 2. The molecule has 0 aliphatic heterocycles. The Kier molecular flexibility index (Phi) is 6.02. The summed E-state index contributed by atoms with van der Waals surface area (Å²) >= 11 is 1.33. The van der Waals surface area contributed by atoms with E-state index in [9.17, 15) is 9.59 Å². The van der Waals surface area contributed by atoms with Gasteiger partial charge in [0.1, 0.15) is 0 Å². The second-order valence-corrected chi connectivity index (χ2v) is 7.22. The minimum absolute atomic E-state index is 0.280. The molecular weight excluding hydrogens is 374 g/mol. The third-order valence-electron chi connectivity index (χ3n) is 4.33. The van der Waals surface area contributed by atoms with Crippen LogP contribution in [0.25, 0.3) is 10.9 Å². The number of hydrogen-bond donors (Lipinski definition) is 2. The number of H-pyrrole nitrogens is 1. The van der Waals surface area contributed by atoms with Gasteiger partial charge in [0.2, 0.25) is 0 Å². The summed E-state index contributed by atoms with van der Waals surface area (Å²) in [4.78, 5) is 28.5. The van der Waals surface area contributed by atoms with Crippen molar-refractivity contribution in [2.24, 2.45) is 0 Å². The summed E-state index contributed by atoms with van der Waals surface area (Å²) in [5.41, 5.74) is 4.06. The van der Waals surface area contributed by atoms with Crippen LogP contribution in [0.4, 0.5) is 5.69 Å². The average Bonchev–Trinajstić information content (AvgIpc) is 2.99. The Labute approximate surface area is 166 Å². The van der Waals surface area contributed by atoms with Gasteiger partial charge in [-0.15, -0.1) is 11.8 Å². The molecule has 0 radical (unpaired) electrons. The topological polar surface area (TPSA) is 95.0 Å². The van der Waals surface area contributed by atoms with Crippen molar-refractivity contribution in [3.63, 3.8) is 0 Å². The van der Waals surface area contributed by atoms with Crippen molar-refractivity contribution in [1.82, 2.24) is 4.98 Å². The number of carbonyl (C=O) groups excluding carboxylic acids is 2. The second kappa shape index (κ2) is 8.63. The lowest BCUT2D eigenvalue weighted by Gasteiger charge is -2.10. The fraction of sp³-hybridized carbons (Fsp3) is 0.190. The maximum absolute atomic E-state index is 12.3. The van der Waals surface area contributed by atoms with E-state index in [-0.39, 0.29) is 12.4 Å². The van der Waals surface area contributed by atoms with Crippen molar-refractivity contribution in [1.29, 1.82) is 5.26 Å². The standard InChI is InChI=1S/C21H19N3O3S/c1-13-14(2)23-17-8-7-15(11-16(13)17)21(26)27-12-20(25)24-18-5-3-4-6-19(18)28-10-9-22/h3-8,11,23H,10,12H2,1-2H3,(H,24,25). The molecule has 2 N–H and O–H groups in total. The number of nitrogens with one attached hydrogen (secondary N) is 2. The number of nitriles is 1. The van der Waals surface area contributed by atoms with Crippen LogP contribution in [-0.2, 0) is 9.53 Å². The van der Waals surface area contributed by atoms with Crippen molar-refractivity contribution in [2.45, 2.75) is 18.7 Å². The summed E-state index contributed by atoms with van der Waals surface area (Å²) < 4.78 is 5.16. The number of benzene rings is 2. The molecule has 0 unspecified atom stereocenters. The van der Waals surface area contributed by atoms with Crippen LogP contribution in [0.2, 0.25) is 0 Å². The molecule has 28 heavy (non-hydrogen) atoms. The van der Waals surface area contributed by atoms with Gasteiger partial charge in [0.15, 0.2) is 6.61 Å². The normalized spacial score (nSPS) is 10.5. The minimum atomic E-state index is -0.553. The average molecular weight is 393 g/mol. The number of nitrogens with zero attached hydrogens (tertiary/aromatic N) is 1. The van der Waals surface area contributed by atoms with Crippen molar-refractivity contribution >= 4 is 40.2 Å². The monoisotopic (exact) mass is 393 g/mol. The van der Waals surface area contributed by atoms with Gasteiger partial charge in [0.05, 0.1) is 23.1 Å². The van der Waals surface area contributed by atoms with Crippen LogP contribution in [0.5, 0.6) is 0 Å². The zero-order chi connectivity index (χ0) is 20.1. The van der Waals surface area contributed by atoms with E-state index in [1.807, 2.05) is 32.0 Å². The molecule has 0 bridgehead atoms. The summed E-state index contributed by atoms with van der Waals surface area (Å²) in [5, 5.41) is 12.4. The molecule has 3 rings (SSSR count). The SMILES string of the molecule is Cc1[nH]c2ccc(C(=O)OCC(=O)Nc3ccccc3SCC#N)cc2c1C. The number of amides is 1. The van der Waals surface area contributed by atoms with E-state index in [0.29, 0.717) is 11.3 Å². The van der Waals surface area contributed by atoms with Gasteiger partial charge < -0.3 is 15.0 Å². The Morgan fingerprint density at radius 1 is 1.21 bits per heavy atom. The van der Waals surface area contributed by atoms with Gasteiger partial charge in [0, 0.05) is 21.5 Å². The molecule has 0 saturated heterocycles. The van der Waals surface area contributed by atoms with Crippen molar-refractivity contribution < 1.29 is 14.3 Å². The molecule has 6 nitrogen and oxygen atoms in total. The predicted molar refractivity (Wildman–Crippen MR) is 109 cm³/mol. The number of para-hydroxylation sites is 1. The summed E-state index contributed by atoms with van der Waals surface area (Å²) in [6, 6.07) is 14.5. The number of hydrogen-bond acceptors (Lipinski definition) is 5. The highest BCUT2D eigenvalue weighted by Crippen LogP contribution is 2.26. The van der Waals surface area contributed by atoms with E-state index in [2.05, 4.69) is 16.4 Å². The van der Waals surface area contributed by atoms with Crippen LogP contribution >= 0.6 is 11.8 Å². The summed E-state index contributed by atoms with van der Waals surface area (Å²) in [6.45, 7) is 3.57. The van der Waals surface area contributed by atoms with Gasteiger partial charge in [-0.1, -0.05) is 12.1 Å². The number of rotatable bonds is 6. The van der Waals surface area contributed by atoms with Crippen molar-refractivity contribution in [2.75, 3.05) is 17.7 Å². The van der Waals surface area contributed by atoms with Gasteiger partial charge >= 0.3 is 5.97 Å². The lowest BCUT2D eigenvalue weighted by Crippen LogP contribution is -2.21. The van der Waals surface area contributed by atoms with Gasteiger partial charge in [-0.25, -0.2) is 4.79 Å². The third-order valence-corrected chi connectivity index (χ3v) is 5.27. The van der Waals surface area contributed by atoms with Gasteiger partial charge in [0.25, 0.3) is 5.91 Å². The summed E-state index contributed by atoms with van der Waals surface area (Å²) in [5.74, 6) is -0.710. The Hall–Kier alpha value is -3.24. The molecule has 3 aromatic rings. The smallest absolute Gasteiger partial charge is 0.338 e. The Morgan fingerprint density at radius 2 is 2.00 bits per heavy atom. The van der Waals surface area contributed by atoms with Crippen molar-refractivity contribution in [3.05, 3.63) is 59.3 Å². The van der Waals surface area contributed by atoms with E-state index in [0.717, 1.165) is 27.1 Å². The third kappa shape index (κ3) is 4.35. The van der Waals surface area contributed by atoms with Crippen molar-refractivity contribution in [3.8, 4) is 6.07 Å². The van der Waals surface area contributed by atoms with Crippen LogP contribution < -0.4 is 5.32 Å². The fourth-order valence-corrected chi connectivity index (χ4v) is 3.46. The molecule has 142 valence electrons. The highest BCUT2D eigenvalue weighted by atomic mass is 32.2. The molecular formula is C21H19N3O3S. The van der Waals surface area contributed by atoms with E-state index in [1.165, 1.54) is 11.8 Å². The number of carbonyl (C=O) groups is 2. The van der Waals surface area contributed by atoms with Crippen LogP contribution in [-0.4, -0.2) is 29.2 Å². The quantitative estimate of drug-likeness (QED) is 0.483. The zero-order valence-electron chi connectivity index (χ0n) is 15.5. The van der Waals surface area contributed by atoms with Gasteiger partial charge in [-0.2, -0.15) is 5.26 Å². The number of thioether (sulfide) groups is 1. The van der Waals surface area contributed by atoms with E-state index in [4.69, 9.17) is 10.00 Å². The first kappa shape index (κ1) is 19.5. The predicted octanol–water partition coefficient (Wildman–Crippen LogP) is 4.20. The highest BCUT2D eigenvalue weighted by molar-refractivity contribution is 7.99. The number of aromatic nitrogens is 1. The van der Waals surface area contributed by atoms with Gasteiger partial charge in [-0.05, 0) is 49.7 Å². The van der Waals surface area contributed by atoms with Crippen LogP contribution in [0.15, 0.2) is 47.4 Å². The molecule has 0 fully saturated rings. The van der Waals surface area contributed by atoms with E-state index in [1.54, 1.807) is 24.3 Å². The number of esters is 1. The molecule has 1 amide bonds. The lowest BCUT2D eigenvalue weighted by atomic mass is 10.1. The zero-order valence-corrected chi connectivity index (χ0v) is 16.4. The molecule has 1 heterocycles. The summed E-state index contributed by atoms with van der Waals surface area (Å²) in [7, 11) is 0. The Bertz CT molecular complexity index is 1080.